The first-order valence-electron chi connectivity index (χ1n) is 7.15. The number of likely N-dealkylation sites (tertiary alicyclic amines) is 1. The Morgan fingerprint density at radius 3 is 2.80 bits per heavy atom. The van der Waals surface area contributed by atoms with E-state index in [1.165, 1.54) is 12.8 Å². The lowest BCUT2D eigenvalue weighted by Crippen LogP contribution is -2.46. The number of hydrogen-bond acceptors (Lipinski definition) is 4. The van der Waals surface area contributed by atoms with E-state index in [1.54, 1.807) is 0 Å². The summed E-state index contributed by atoms with van der Waals surface area (Å²) < 4.78 is 2.39. The van der Waals surface area contributed by atoms with Gasteiger partial charge in [0.2, 0.25) is 0 Å². The first-order chi connectivity index (χ1) is 9.74. The lowest BCUT2D eigenvalue weighted by Gasteiger charge is -2.39. The molecule has 1 aliphatic rings. The van der Waals surface area contributed by atoms with Gasteiger partial charge in [-0.2, -0.15) is 11.8 Å². The lowest BCUT2D eigenvalue weighted by atomic mass is 9.96. The Hall–Kier alpha value is -1.04. The second-order valence-corrected chi connectivity index (χ2v) is 6.84. The van der Waals surface area contributed by atoms with Crippen LogP contribution in [0, 0.1) is 0 Å². The van der Waals surface area contributed by atoms with Crippen molar-refractivity contribution in [2.75, 3.05) is 25.9 Å². The van der Waals surface area contributed by atoms with Crippen LogP contribution in [0.15, 0.2) is 30.6 Å². The van der Waals surface area contributed by atoms with Crippen molar-refractivity contribution in [1.82, 2.24) is 14.3 Å². The van der Waals surface area contributed by atoms with Gasteiger partial charge in [0.15, 0.2) is 0 Å². The van der Waals surface area contributed by atoms with Crippen molar-refractivity contribution in [3.8, 4) is 0 Å². The molecular formula is C15H22N4S. The topological polar surface area (TPSA) is 46.6 Å². The minimum Gasteiger partial charge on any atom is -0.329 e. The molecule has 5 heteroatoms. The van der Waals surface area contributed by atoms with E-state index in [0.29, 0.717) is 4.75 Å². The van der Waals surface area contributed by atoms with Gasteiger partial charge in [-0.3, -0.25) is 4.90 Å². The van der Waals surface area contributed by atoms with Crippen LogP contribution in [-0.4, -0.2) is 44.9 Å². The summed E-state index contributed by atoms with van der Waals surface area (Å²) in [5.41, 5.74) is 8.12. The molecule has 1 saturated heterocycles. The number of fused-ring (bicyclic) bond motifs is 1. The van der Waals surface area contributed by atoms with E-state index in [0.717, 1.165) is 37.5 Å². The number of pyridine rings is 1. The zero-order valence-electron chi connectivity index (χ0n) is 12.0. The van der Waals surface area contributed by atoms with E-state index >= 15 is 0 Å². The molecule has 0 aliphatic carbocycles. The quantitative estimate of drug-likeness (QED) is 0.935. The number of thioether (sulfide) groups is 1. The van der Waals surface area contributed by atoms with Crippen molar-refractivity contribution < 1.29 is 0 Å². The molecule has 0 bridgehead atoms. The van der Waals surface area contributed by atoms with Crippen LogP contribution in [0.2, 0.25) is 0 Å². The molecule has 20 heavy (non-hydrogen) atoms. The number of piperidine rings is 1. The third kappa shape index (κ3) is 2.71. The number of nitrogens with two attached hydrogens (primary N) is 1. The standard InChI is InChI=1S/C15H22N4S/c1-20-15(12-16)5-8-18(9-6-15)10-13-11-19-7-3-2-4-14(19)17-13/h2-4,7,11H,5-6,8-10,12,16H2,1H3. The van der Waals surface area contributed by atoms with E-state index in [4.69, 9.17) is 5.73 Å². The van der Waals surface area contributed by atoms with Crippen molar-refractivity contribution in [3.63, 3.8) is 0 Å². The third-order valence-corrected chi connectivity index (χ3v) is 5.81. The molecule has 1 fully saturated rings. The van der Waals surface area contributed by atoms with E-state index < -0.39 is 0 Å². The second-order valence-electron chi connectivity index (χ2n) is 5.57. The minimum atomic E-state index is 0.301. The highest BCUT2D eigenvalue weighted by molar-refractivity contribution is 8.00. The average molecular weight is 290 g/mol. The molecule has 0 unspecified atom stereocenters. The number of aromatic nitrogens is 2. The van der Waals surface area contributed by atoms with Crippen LogP contribution in [0.1, 0.15) is 18.5 Å². The van der Waals surface area contributed by atoms with E-state index in [2.05, 4.69) is 32.9 Å². The highest BCUT2D eigenvalue weighted by Gasteiger charge is 2.32. The first kappa shape index (κ1) is 13.9. The molecule has 0 radical (unpaired) electrons. The lowest BCUT2D eigenvalue weighted by molar-refractivity contribution is 0.193. The van der Waals surface area contributed by atoms with Crippen molar-refractivity contribution in [1.29, 1.82) is 0 Å². The van der Waals surface area contributed by atoms with Crippen molar-refractivity contribution >= 4 is 17.4 Å². The summed E-state index contributed by atoms with van der Waals surface area (Å²) in [6.45, 7) is 3.96. The highest BCUT2D eigenvalue weighted by Crippen LogP contribution is 2.33. The summed E-state index contributed by atoms with van der Waals surface area (Å²) in [5, 5.41) is 0. The zero-order chi connectivity index (χ0) is 14.0. The van der Waals surface area contributed by atoms with Gasteiger partial charge < -0.3 is 10.1 Å². The number of hydrogen-bond donors (Lipinski definition) is 1. The van der Waals surface area contributed by atoms with E-state index in [1.807, 2.05) is 30.0 Å². The fourth-order valence-corrected chi connectivity index (χ4v) is 3.66. The number of nitrogens with zero attached hydrogens (tertiary/aromatic N) is 3. The maximum Gasteiger partial charge on any atom is 0.137 e. The smallest absolute Gasteiger partial charge is 0.137 e. The first-order valence-corrected chi connectivity index (χ1v) is 8.37. The molecule has 2 N–H and O–H groups in total. The monoisotopic (exact) mass is 290 g/mol. The van der Waals surface area contributed by atoms with Gasteiger partial charge in [-0.25, -0.2) is 4.98 Å². The summed E-state index contributed by atoms with van der Waals surface area (Å²) in [6.07, 6.45) is 8.73. The molecule has 2 aromatic heterocycles. The van der Waals surface area contributed by atoms with Gasteiger partial charge in [0.1, 0.15) is 5.65 Å². The molecule has 3 rings (SSSR count). The Balaban J connectivity index is 1.65. The van der Waals surface area contributed by atoms with E-state index in [-0.39, 0.29) is 0 Å². The predicted octanol–water partition coefficient (Wildman–Crippen LogP) is 1.99. The molecule has 2 aromatic rings. The molecular weight excluding hydrogens is 268 g/mol. The van der Waals surface area contributed by atoms with Gasteiger partial charge in [-0.05, 0) is 44.3 Å². The molecule has 4 nitrogen and oxygen atoms in total. The van der Waals surface area contributed by atoms with Gasteiger partial charge in [0.05, 0.1) is 5.69 Å². The Bertz CT molecular complexity index is 533. The van der Waals surface area contributed by atoms with Crippen molar-refractivity contribution in [2.24, 2.45) is 5.73 Å². The maximum absolute atomic E-state index is 5.94. The Labute approximate surface area is 124 Å². The molecule has 0 aromatic carbocycles. The predicted molar refractivity (Wildman–Crippen MR) is 85.0 cm³/mol. The fourth-order valence-electron chi connectivity index (χ4n) is 2.90. The van der Waals surface area contributed by atoms with Crippen LogP contribution < -0.4 is 5.73 Å². The van der Waals surface area contributed by atoms with Gasteiger partial charge in [0, 0.05) is 30.2 Å². The molecule has 108 valence electrons. The molecule has 0 spiro atoms. The summed E-state index contributed by atoms with van der Waals surface area (Å²) in [5.74, 6) is 0. The highest BCUT2D eigenvalue weighted by atomic mass is 32.2. The summed E-state index contributed by atoms with van der Waals surface area (Å²) in [7, 11) is 0. The van der Waals surface area contributed by atoms with Crippen LogP contribution in [0.25, 0.3) is 5.65 Å². The third-order valence-electron chi connectivity index (χ3n) is 4.37. The maximum atomic E-state index is 5.94. The van der Waals surface area contributed by atoms with Gasteiger partial charge in [-0.1, -0.05) is 6.07 Å². The molecule has 3 heterocycles. The Kier molecular flexibility index (Phi) is 4.01. The van der Waals surface area contributed by atoms with Crippen LogP contribution in [0.5, 0.6) is 0 Å². The van der Waals surface area contributed by atoms with Crippen LogP contribution >= 0.6 is 11.8 Å². The second kappa shape index (κ2) is 5.76. The molecule has 0 atom stereocenters. The Morgan fingerprint density at radius 2 is 2.15 bits per heavy atom. The van der Waals surface area contributed by atoms with Crippen molar-refractivity contribution in [2.45, 2.75) is 24.1 Å². The zero-order valence-corrected chi connectivity index (χ0v) is 12.8. The molecule has 1 aliphatic heterocycles. The Morgan fingerprint density at radius 1 is 1.35 bits per heavy atom. The van der Waals surface area contributed by atoms with Gasteiger partial charge >= 0.3 is 0 Å². The number of rotatable bonds is 4. The number of imidazole rings is 1. The summed E-state index contributed by atoms with van der Waals surface area (Å²) in [6, 6.07) is 6.11. The largest absolute Gasteiger partial charge is 0.329 e. The van der Waals surface area contributed by atoms with Gasteiger partial charge in [0.25, 0.3) is 0 Å². The fraction of sp³-hybridized carbons (Fsp3) is 0.533. The average Bonchev–Trinajstić information content (AvgIpc) is 2.90. The summed E-state index contributed by atoms with van der Waals surface area (Å²) >= 11 is 1.93. The van der Waals surface area contributed by atoms with Crippen LogP contribution in [0.4, 0.5) is 0 Å². The van der Waals surface area contributed by atoms with Crippen LogP contribution in [0.3, 0.4) is 0 Å². The SMILES string of the molecule is CSC1(CN)CCN(Cc2cn3ccccc3n2)CC1. The van der Waals surface area contributed by atoms with Gasteiger partial charge in [-0.15, -0.1) is 0 Å². The normalized spacial score (nSPS) is 19.5. The van der Waals surface area contributed by atoms with Crippen LogP contribution in [-0.2, 0) is 6.54 Å². The minimum absolute atomic E-state index is 0.301. The van der Waals surface area contributed by atoms with Crippen molar-refractivity contribution in [3.05, 3.63) is 36.3 Å². The van der Waals surface area contributed by atoms with E-state index in [9.17, 15) is 0 Å². The molecule has 0 saturated carbocycles. The summed E-state index contributed by atoms with van der Waals surface area (Å²) in [4.78, 5) is 7.17. The molecule has 0 amide bonds.